The number of rotatable bonds is 4. The first-order chi connectivity index (χ1) is 14.2. The molecule has 4 nitrogen and oxygen atoms in total. The molecule has 142 valence electrons. The quantitative estimate of drug-likeness (QED) is 0.370. The van der Waals surface area contributed by atoms with E-state index in [0.29, 0.717) is 18.2 Å². The minimum absolute atomic E-state index is 0.503. The molecule has 29 heavy (non-hydrogen) atoms. The minimum Gasteiger partial charge on any atom is -0.488 e. The second-order valence-corrected chi connectivity index (χ2v) is 7.16. The molecule has 0 fully saturated rings. The van der Waals surface area contributed by atoms with Gasteiger partial charge in [0.25, 0.3) is 0 Å². The van der Waals surface area contributed by atoms with Gasteiger partial charge in [-0.3, -0.25) is 0 Å². The van der Waals surface area contributed by atoms with Gasteiger partial charge in [-0.15, -0.1) is 0 Å². The number of hydrogen-bond donors (Lipinski definition) is 0. The summed E-state index contributed by atoms with van der Waals surface area (Å²) < 4.78 is 12.1. The Balaban J connectivity index is 1.56. The van der Waals surface area contributed by atoms with Crippen molar-refractivity contribution in [3.05, 3.63) is 89.6 Å². The average molecular weight is 380 g/mol. The molecule has 0 radical (unpaired) electrons. The van der Waals surface area contributed by atoms with E-state index in [9.17, 15) is 0 Å². The fourth-order valence-corrected chi connectivity index (χ4v) is 3.59. The maximum absolute atomic E-state index is 6.07. The Kier molecular flexibility index (Phi) is 4.24. The van der Waals surface area contributed by atoms with E-state index in [-0.39, 0.29) is 0 Å². The Morgan fingerprint density at radius 2 is 1.66 bits per heavy atom. The molecular formula is C25H20N2O2. The molecule has 3 aromatic carbocycles. The van der Waals surface area contributed by atoms with E-state index in [4.69, 9.17) is 14.1 Å². The molecule has 0 aliphatic carbocycles. The van der Waals surface area contributed by atoms with Crippen LogP contribution in [-0.2, 0) is 6.61 Å². The summed E-state index contributed by atoms with van der Waals surface area (Å²) in [4.78, 5) is 9.44. The summed E-state index contributed by atoms with van der Waals surface area (Å²) in [7, 11) is 0. The van der Waals surface area contributed by atoms with Crippen LogP contribution < -0.4 is 4.74 Å². The van der Waals surface area contributed by atoms with Crippen molar-refractivity contribution in [1.82, 2.24) is 9.97 Å². The lowest BCUT2D eigenvalue weighted by atomic mass is 10.1. The van der Waals surface area contributed by atoms with Crippen LogP contribution in [0.5, 0.6) is 5.75 Å². The van der Waals surface area contributed by atoms with Gasteiger partial charge >= 0.3 is 0 Å². The standard InChI is InChI=1S/C25H20N2O2/c1-16-12-13-21(28-15-18-8-4-3-5-9-18)20-14-26-25(27-23(16)20)24-17(2)19-10-6-7-11-22(19)29-24/h3-14H,15H2,1-2H3. The van der Waals surface area contributed by atoms with Crippen molar-refractivity contribution >= 4 is 21.9 Å². The lowest BCUT2D eigenvalue weighted by Gasteiger charge is -2.11. The first kappa shape index (κ1) is 17.4. The fraction of sp³-hybridized carbons (Fsp3) is 0.120. The van der Waals surface area contributed by atoms with Gasteiger partial charge in [-0.1, -0.05) is 54.6 Å². The molecule has 0 spiro atoms. The Hall–Kier alpha value is -3.66. The largest absolute Gasteiger partial charge is 0.488 e. The Labute approximate surface area is 168 Å². The van der Waals surface area contributed by atoms with Crippen LogP contribution in [0.4, 0.5) is 0 Å². The lowest BCUT2D eigenvalue weighted by Crippen LogP contribution is -1.98. The number of benzene rings is 3. The molecule has 2 aromatic heterocycles. The van der Waals surface area contributed by atoms with Gasteiger partial charge in [-0.05, 0) is 37.1 Å². The number of aryl methyl sites for hydroxylation is 2. The number of fused-ring (bicyclic) bond motifs is 2. The van der Waals surface area contributed by atoms with Crippen molar-refractivity contribution in [3.63, 3.8) is 0 Å². The van der Waals surface area contributed by atoms with Gasteiger partial charge in [0.05, 0.1) is 10.9 Å². The van der Waals surface area contributed by atoms with E-state index in [2.05, 4.69) is 23.2 Å². The molecule has 0 aliphatic heterocycles. The van der Waals surface area contributed by atoms with E-state index >= 15 is 0 Å². The second-order valence-electron chi connectivity index (χ2n) is 7.16. The Bertz CT molecular complexity index is 1320. The molecule has 0 unspecified atom stereocenters. The van der Waals surface area contributed by atoms with Gasteiger partial charge in [0.2, 0.25) is 0 Å². The summed E-state index contributed by atoms with van der Waals surface area (Å²) in [5.41, 5.74) is 4.97. The van der Waals surface area contributed by atoms with Crippen LogP contribution in [-0.4, -0.2) is 9.97 Å². The summed E-state index contributed by atoms with van der Waals surface area (Å²) in [6.07, 6.45) is 1.83. The lowest BCUT2D eigenvalue weighted by molar-refractivity contribution is 0.310. The Morgan fingerprint density at radius 3 is 2.48 bits per heavy atom. The zero-order chi connectivity index (χ0) is 19.8. The van der Waals surface area contributed by atoms with Crippen molar-refractivity contribution < 1.29 is 9.15 Å². The van der Waals surface area contributed by atoms with E-state index in [1.165, 1.54) is 0 Å². The zero-order valence-corrected chi connectivity index (χ0v) is 16.3. The third-order valence-electron chi connectivity index (χ3n) is 5.20. The van der Waals surface area contributed by atoms with Crippen molar-refractivity contribution in [1.29, 1.82) is 0 Å². The van der Waals surface area contributed by atoms with E-state index in [1.807, 2.05) is 68.6 Å². The van der Waals surface area contributed by atoms with Crippen molar-refractivity contribution in [2.24, 2.45) is 0 Å². The van der Waals surface area contributed by atoms with Gasteiger partial charge in [-0.2, -0.15) is 0 Å². The highest BCUT2D eigenvalue weighted by molar-refractivity contribution is 5.90. The SMILES string of the molecule is Cc1c(-c2ncc3c(OCc4ccccc4)ccc(C)c3n2)oc2ccccc12. The maximum atomic E-state index is 6.07. The first-order valence-electron chi connectivity index (χ1n) is 9.62. The molecule has 2 heterocycles. The predicted octanol–water partition coefficient (Wildman–Crippen LogP) is 6.24. The molecule has 0 N–H and O–H groups in total. The molecule has 0 amide bonds. The van der Waals surface area contributed by atoms with Gasteiger partial charge in [-0.25, -0.2) is 9.97 Å². The van der Waals surface area contributed by atoms with Crippen LogP contribution >= 0.6 is 0 Å². The van der Waals surface area contributed by atoms with Crippen LogP contribution in [0.2, 0.25) is 0 Å². The Morgan fingerprint density at radius 1 is 0.862 bits per heavy atom. The van der Waals surface area contributed by atoms with Gasteiger partial charge < -0.3 is 9.15 Å². The van der Waals surface area contributed by atoms with Gasteiger partial charge in [0, 0.05) is 17.1 Å². The van der Waals surface area contributed by atoms with Crippen LogP contribution in [0.1, 0.15) is 16.7 Å². The number of para-hydroxylation sites is 1. The first-order valence-corrected chi connectivity index (χ1v) is 9.62. The number of furan rings is 1. The molecule has 0 aliphatic rings. The summed E-state index contributed by atoms with van der Waals surface area (Å²) in [6, 6.07) is 22.1. The molecular weight excluding hydrogens is 360 g/mol. The third-order valence-corrected chi connectivity index (χ3v) is 5.20. The topological polar surface area (TPSA) is 48.2 Å². The summed E-state index contributed by atoms with van der Waals surface area (Å²) in [6.45, 7) is 4.59. The highest BCUT2D eigenvalue weighted by Crippen LogP contribution is 2.33. The molecule has 0 atom stereocenters. The minimum atomic E-state index is 0.503. The van der Waals surface area contributed by atoms with E-state index in [0.717, 1.165) is 44.3 Å². The molecule has 0 saturated carbocycles. The molecule has 5 aromatic rings. The average Bonchev–Trinajstić information content (AvgIpc) is 3.11. The molecule has 4 heteroatoms. The van der Waals surface area contributed by atoms with Gasteiger partial charge in [0.1, 0.15) is 17.9 Å². The fourth-order valence-electron chi connectivity index (χ4n) is 3.59. The van der Waals surface area contributed by atoms with E-state index in [1.54, 1.807) is 0 Å². The van der Waals surface area contributed by atoms with Crippen molar-refractivity contribution in [3.8, 4) is 17.3 Å². The third kappa shape index (κ3) is 3.13. The smallest absolute Gasteiger partial charge is 0.196 e. The number of nitrogens with zero attached hydrogens (tertiary/aromatic N) is 2. The maximum Gasteiger partial charge on any atom is 0.196 e. The van der Waals surface area contributed by atoms with Gasteiger partial charge in [0.15, 0.2) is 11.6 Å². The van der Waals surface area contributed by atoms with Crippen LogP contribution in [0.25, 0.3) is 33.5 Å². The van der Waals surface area contributed by atoms with Crippen LogP contribution in [0.15, 0.2) is 77.3 Å². The highest BCUT2D eigenvalue weighted by atomic mass is 16.5. The molecule has 5 rings (SSSR count). The molecule has 0 saturated heterocycles. The van der Waals surface area contributed by atoms with Crippen molar-refractivity contribution in [2.45, 2.75) is 20.5 Å². The van der Waals surface area contributed by atoms with Crippen LogP contribution in [0.3, 0.4) is 0 Å². The van der Waals surface area contributed by atoms with Crippen molar-refractivity contribution in [2.75, 3.05) is 0 Å². The molecule has 0 bridgehead atoms. The normalized spacial score (nSPS) is 11.2. The monoisotopic (exact) mass is 380 g/mol. The number of aromatic nitrogens is 2. The number of hydrogen-bond acceptors (Lipinski definition) is 4. The van der Waals surface area contributed by atoms with Crippen LogP contribution in [0, 0.1) is 13.8 Å². The summed E-state index contributed by atoms with van der Waals surface area (Å²) in [5, 5.41) is 1.99. The van der Waals surface area contributed by atoms with E-state index < -0.39 is 0 Å². The second kappa shape index (κ2) is 7.06. The highest BCUT2D eigenvalue weighted by Gasteiger charge is 2.16. The number of ether oxygens (including phenoxy) is 1. The summed E-state index contributed by atoms with van der Waals surface area (Å²) >= 11 is 0. The zero-order valence-electron chi connectivity index (χ0n) is 16.3. The predicted molar refractivity (Wildman–Crippen MR) is 115 cm³/mol. The summed E-state index contributed by atoms with van der Waals surface area (Å²) in [5.74, 6) is 2.08.